The summed E-state index contributed by atoms with van der Waals surface area (Å²) in [5.41, 5.74) is 0.409. The molecular formula is C12H16FO2P. The third kappa shape index (κ3) is 3.02. The fourth-order valence-corrected chi connectivity index (χ4v) is 1.82. The van der Waals surface area contributed by atoms with E-state index in [1.165, 1.54) is 6.07 Å². The number of benzene rings is 1. The molecular weight excluding hydrogens is 226 g/mol. The number of hydrogen-bond acceptors (Lipinski definition) is 2. The van der Waals surface area contributed by atoms with E-state index in [0.717, 1.165) is 5.30 Å². The molecule has 0 aliphatic rings. The zero-order valence-electron chi connectivity index (χ0n) is 9.50. The standard InChI is InChI=1S/C12H16FO2P/c1-3-9(12(14)15-4-2)10-6-5-8(16)7-11(10)13/h5-7,9H,3-4,16H2,1-2H3. The van der Waals surface area contributed by atoms with Crippen LogP contribution in [0.4, 0.5) is 4.39 Å². The molecule has 0 saturated heterocycles. The SMILES string of the molecule is CCOC(=O)C(CC)c1ccc(P)cc1F. The molecule has 16 heavy (non-hydrogen) atoms. The first-order chi connectivity index (χ1) is 7.60. The van der Waals surface area contributed by atoms with Gasteiger partial charge < -0.3 is 4.74 Å². The van der Waals surface area contributed by atoms with Crippen molar-refractivity contribution in [3.8, 4) is 0 Å². The largest absolute Gasteiger partial charge is 0.466 e. The summed E-state index contributed by atoms with van der Waals surface area (Å²) >= 11 is 0. The second-order valence-corrected chi connectivity index (χ2v) is 4.16. The summed E-state index contributed by atoms with van der Waals surface area (Å²) in [6, 6.07) is 4.82. The lowest BCUT2D eigenvalue weighted by Crippen LogP contribution is -2.17. The summed E-state index contributed by atoms with van der Waals surface area (Å²) in [6.45, 7) is 3.90. The van der Waals surface area contributed by atoms with Crippen molar-refractivity contribution < 1.29 is 13.9 Å². The predicted molar refractivity (Wildman–Crippen MR) is 65.4 cm³/mol. The Morgan fingerprint density at radius 1 is 1.50 bits per heavy atom. The van der Waals surface area contributed by atoms with Crippen LogP contribution in [0.2, 0.25) is 0 Å². The quantitative estimate of drug-likeness (QED) is 0.598. The van der Waals surface area contributed by atoms with E-state index in [4.69, 9.17) is 4.74 Å². The number of halogens is 1. The van der Waals surface area contributed by atoms with Crippen LogP contribution >= 0.6 is 9.24 Å². The molecule has 0 N–H and O–H groups in total. The van der Waals surface area contributed by atoms with E-state index in [9.17, 15) is 9.18 Å². The molecule has 1 aromatic carbocycles. The van der Waals surface area contributed by atoms with E-state index in [1.807, 2.05) is 6.92 Å². The molecule has 0 aliphatic heterocycles. The molecule has 88 valence electrons. The Morgan fingerprint density at radius 2 is 2.19 bits per heavy atom. The zero-order valence-corrected chi connectivity index (χ0v) is 10.7. The lowest BCUT2D eigenvalue weighted by Gasteiger charge is -2.14. The molecule has 0 aliphatic carbocycles. The molecule has 0 heterocycles. The van der Waals surface area contributed by atoms with Crippen LogP contribution in [0.25, 0.3) is 0 Å². The maximum absolute atomic E-state index is 13.7. The summed E-state index contributed by atoms with van der Waals surface area (Å²) in [5.74, 6) is -1.22. The molecule has 2 unspecified atom stereocenters. The second-order valence-electron chi connectivity index (χ2n) is 3.49. The number of hydrogen-bond donors (Lipinski definition) is 0. The van der Waals surface area contributed by atoms with Gasteiger partial charge in [0.2, 0.25) is 0 Å². The number of esters is 1. The molecule has 2 atom stereocenters. The van der Waals surface area contributed by atoms with Crippen LogP contribution in [0.1, 0.15) is 31.7 Å². The lowest BCUT2D eigenvalue weighted by molar-refractivity contribution is -0.145. The molecule has 0 spiro atoms. The van der Waals surface area contributed by atoms with Gasteiger partial charge in [0.15, 0.2) is 0 Å². The van der Waals surface area contributed by atoms with E-state index >= 15 is 0 Å². The Kier molecular flexibility index (Phi) is 4.88. The lowest BCUT2D eigenvalue weighted by atomic mass is 9.96. The van der Waals surface area contributed by atoms with E-state index in [1.54, 1.807) is 19.1 Å². The van der Waals surface area contributed by atoms with E-state index < -0.39 is 5.92 Å². The van der Waals surface area contributed by atoms with Crippen molar-refractivity contribution in [2.45, 2.75) is 26.2 Å². The molecule has 1 aromatic rings. The van der Waals surface area contributed by atoms with Gasteiger partial charge in [-0.15, -0.1) is 9.24 Å². The Labute approximate surface area is 97.4 Å². The van der Waals surface area contributed by atoms with E-state index in [0.29, 0.717) is 18.6 Å². The van der Waals surface area contributed by atoms with E-state index in [2.05, 4.69) is 9.24 Å². The van der Waals surface area contributed by atoms with Gasteiger partial charge in [-0.2, -0.15) is 0 Å². The highest BCUT2D eigenvalue weighted by atomic mass is 31.0. The van der Waals surface area contributed by atoms with Crippen molar-refractivity contribution in [3.05, 3.63) is 29.6 Å². The molecule has 4 heteroatoms. The third-order valence-electron chi connectivity index (χ3n) is 2.38. The molecule has 2 nitrogen and oxygen atoms in total. The summed E-state index contributed by atoms with van der Waals surface area (Å²) < 4.78 is 18.6. The monoisotopic (exact) mass is 242 g/mol. The van der Waals surface area contributed by atoms with Crippen LogP contribution in [0.15, 0.2) is 18.2 Å². The zero-order chi connectivity index (χ0) is 12.1. The third-order valence-corrected chi connectivity index (χ3v) is 2.74. The van der Waals surface area contributed by atoms with Crippen molar-refractivity contribution >= 4 is 20.5 Å². The molecule has 0 fully saturated rings. The van der Waals surface area contributed by atoms with Gasteiger partial charge in [-0.1, -0.05) is 19.1 Å². The average Bonchev–Trinajstić information content (AvgIpc) is 2.22. The molecule has 1 rings (SSSR count). The summed E-state index contributed by atoms with van der Waals surface area (Å²) in [5, 5.41) is 0.764. The van der Waals surface area contributed by atoms with Gasteiger partial charge in [0, 0.05) is 5.56 Å². The van der Waals surface area contributed by atoms with Gasteiger partial charge >= 0.3 is 5.97 Å². The maximum Gasteiger partial charge on any atom is 0.313 e. The number of carbonyl (C=O) groups excluding carboxylic acids is 1. The first-order valence-electron chi connectivity index (χ1n) is 5.31. The van der Waals surface area contributed by atoms with Crippen molar-refractivity contribution in [1.29, 1.82) is 0 Å². The minimum Gasteiger partial charge on any atom is -0.466 e. The normalized spacial score (nSPS) is 12.2. The van der Waals surface area contributed by atoms with Crippen LogP contribution in [-0.4, -0.2) is 12.6 Å². The summed E-state index contributed by atoms with van der Waals surface area (Å²) in [6.07, 6.45) is 0.534. The minimum atomic E-state index is -0.509. The maximum atomic E-state index is 13.7. The Hall–Kier alpha value is -0.950. The minimum absolute atomic E-state index is 0.318. The van der Waals surface area contributed by atoms with Gasteiger partial charge in [0.1, 0.15) is 5.82 Å². The highest BCUT2D eigenvalue weighted by Gasteiger charge is 2.22. The summed E-state index contributed by atoms with van der Waals surface area (Å²) in [4.78, 5) is 11.6. The molecule has 0 amide bonds. The Bertz CT molecular complexity index is 379. The average molecular weight is 242 g/mol. The number of ether oxygens (including phenoxy) is 1. The van der Waals surface area contributed by atoms with E-state index in [-0.39, 0.29) is 11.8 Å². The van der Waals surface area contributed by atoms with Crippen molar-refractivity contribution in [2.75, 3.05) is 6.61 Å². The summed E-state index contributed by atoms with van der Waals surface area (Å²) in [7, 11) is 2.42. The van der Waals surface area contributed by atoms with Gasteiger partial charge in [0.25, 0.3) is 0 Å². The van der Waals surface area contributed by atoms with Gasteiger partial charge in [-0.05, 0) is 24.7 Å². The van der Waals surface area contributed by atoms with Crippen molar-refractivity contribution in [2.24, 2.45) is 0 Å². The van der Waals surface area contributed by atoms with Crippen LogP contribution in [0, 0.1) is 5.82 Å². The molecule has 0 saturated carbocycles. The fourth-order valence-electron chi connectivity index (χ4n) is 1.58. The molecule has 0 radical (unpaired) electrons. The highest BCUT2D eigenvalue weighted by molar-refractivity contribution is 7.27. The number of carbonyl (C=O) groups is 1. The Balaban J connectivity index is 2.99. The van der Waals surface area contributed by atoms with Crippen LogP contribution in [0.3, 0.4) is 0 Å². The first-order valence-corrected chi connectivity index (χ1v) is 5.89. The fraction of sp³-hybridized carbons (Fsp3) is 0.417. The number of rotatable bonds is 4. The van der Waals surface area contributed by atoms with Gasteiger partial charge in [-0.3, -0.25) is 4.79 Å². The Morgan fingerprint density at radius 3 is 2.69 bits per heavy atom. The second kappa shape index (κ2) is 5.95. The molecule has 0 aromatic heterocycles. The predicted octanol–water partition coefficient (Wildman–Crippen LogP) is 2.38. The van der Waals surface area contributed by atoms with Crippen molar-refractivity contribution in [3.63, 3.8) is 0 Å². The first kappa shape index (κ1) is 13.1. The highest BCUT2D eigenvalue weighted by Crippen LogP contribution is 2.23. The van der Waals surface area contributed by atoms with Gasteiger partial charge in [-0.25, -0.2) is 4.39 Å². The topological polar surface area (TPSA) is 26.3 Å². The van der Waals surface area contributed by atoms with Crippen LogP contribution in [0.5, 0.6) is 0 Å². The van der Waals surface area contributed by atoms with Crippen molar-refractivity contribution in [1.82, 2.24) is 0 Å². The van der Waals surface area contributed by atoms with Gasteiger partial charge in [0.05, 0.1) is 12.5 Å². The van der Waals surface area contributed by atoms with Crippen LogP contribution in [-0.2, 0) is 9.53 Å². The van der Waals surface area contributed by atoms with Crippen LogP contribution < -0.4 is 5.30 Å². The smallest absolute Gasteiger partial charge is 0.313 e. The molecule has 0 bridgehead atoms.